The van der Waals surface area contributed by atoms with Crippen LogP contribution in [0.2, 0.25) is 0 Å². The number of aliphatic hydroxyl groups is 1. The fourth-order valence-corrected chi connectivity index (χ4v) is 2.66. The smallest absolute Gasteiger partial charge is 0.254 e. The number of carbonyl (C=O) groups excluding carboxylic acids is 1. The predicted octanol–water partition coefficient (Wildman–Crippen LogP) is 2.56. The van der Waals surface area contributed by atoms with E-state index in [0.29, 0.717) is 0 Å². The van der Waals surface area contributed by atoms with Crippen LogP contribution in [0, 0.1) is 12.7 Å². The molecule has 1 aliphatic rings. The Balaban J connectivity index is 2.15. The Bertz CT molecular complexity index is 467. The highest BCUT2D eigenvalue weighted by Crippen LogP contribution is 2.28. The first-order valence-corrected chi connectivity index (χ1v) is 6.76. The monoisotopic (exact) mass is 265 g/mol. The molecule has 2 N–H and O–H groups in total. The van der Waals surface area contributed by atoms with Crippen LogP contribution < -0.4 is 5.32 Å². The lowest BCUT2D eigenvalue weighted by atomic mass is 9.82. The molecule has 0 saturated heterocycles. The highest BCUT2D eigenvalue weighted by Gasteiger charge is 2.33. The van der Waals surface area contributed by atoms with Crippen molar-refractivity contribution in [2.75, 3.05) is 6.61 Å². The Morgan fingerprint density at radius 1 is 1.37 bits per heavy atom. The molecule has 0 heterocycles. The molecule has 0 bridgehead atoms. The van der Waals surface area contributed by atoms with E-state index in [1.165, 1.54) is 12.1 Å². The van der Waals surface area contributed by atoms with Gasteiger partial charge in [-0.25, -0.2) is 4.39 Å². The molecule has 1 aromatic carbocycles. The maximum Gasteiger partial charge on any atom is 0.254 e. The van der Waals surface area contributed by atoms with Gasteiger partial charge in [0.1, 0.15) is 5.82 Å². The molecule has 0 atom stereocenters. The molecule has 1 fully saturated rings. The van der Waals surface area contributed by atoms with Gasteiger partial charge in [-0.05, 0) is 37.5 Å². The summed E-state index contributed by atoms with van der Waals surface area (Å²) in [6.45, 7) is 1.69. The Hall–Kier alpha value is -1.42. The molecule has 2 rings (SSSR count). The van der Waals surface area contributed by atoms with E-state index in [-0.39, 0.29) is 12.2 Å². The summed E-state index contributed by atoms with van der Waals surface area (Å²) >= 11 is 0. The second kappa shape index (κ2) is 5.70. The third-order valence-electron chi connectivity index (χ3n) is 3.86. The van der Waals surface area contributed by atoms with E-state index in [1.807, 2.05) is 0 Å². The molecule has 1 aromatic rings. The van der Waals surface area contributed by atoms with Gasteiger partial charge in [0.2, 0.25) is 0 Å². The molecule has 1 aliphatic carbocycles. The molecule has 0 spiro atoms. The quantitative estimate of drug-likeness (QED) is 0.882. The lowest BCUT2D eigenvalue weighted by Gasteiger charge is -2.36. The maximum absolute atomic E-state index is 13.8. The molecule has 0 aromatic heterocycles. The Morgan fingerprint density at radius 3 is 2.63 bits per heavy atom. The van der Waals surface area contributed by atoms with Crippen molar-refractivity contribution in [3.63, 3.8) is 0 Å². The zero-order valence-corrected chi connectivity index (χ0v) is 11.2. The molecule has 1 amide bonds. The first kappa shape index (κ1) is 14.0. The van der Waals surface area contributed by atoms with Crippen molar-refractivity contribution in [2.24, 2.45) is 0 Å². The summed E-state index contributed by atoms with van der Waals surface area (Å²) in [4.78, 5) is 12.1. The van der Waals surface area contributed by atoms with Crippen LogP contribution in [0.4, 0.5) is 4.39 Å². The van der Waals surface area contributed by atoms with Gasteiger partial charge < -0.3 is 10.4 Å². The lowest BCUT2D eigenvalue weighted by molar-refractivity contribution is 0.0755. The molecule has 1 saturated carbocycles. The Labute approximate surface area is 112 Å². The average molecular weight is 265 g/mol. The molecule has 0 radical (unpaired) electrons. The van der Waals surface area contributed by atoms with Gasteiger partial charge in [0.25, 0.3) is 5.91 Å². The highest BCUT2D eigenvalue weighted by atomic mass is 19.1. The summed E-state index contributed by atoms with van der Waals surface area (Å²) in [5.74, 6) is -0.949. The number of benzene rings is 1. The van der Waals surface area contributed by atoms with E-state index in [4.69, 9.17) is 0 Å². The van der Waals surface area contributed by atoms with Crippen molar-refractivity contribution < 1.29 is 14.3 Å². The van der Waals surface area contributed by atoms with Crippen molar-refractivity contribution in [1.82, 2.24) is 5.32 Å². The van der Waals surface area contributed by atoms with E-state index in [2.05, 4.69) is 5.32 Å². The fourth-order valence-electron chi connectivity index (χ4n) is 2.66. The van der Waals surface area contributed by atoms with Gasteiger partial charge >= 0.3 is 0 Å². The standard InChI is InChI=1S/C15H20FNO2/c1-11-5-6-12(13(16)9-11)14(19)17-15(10-18)7-3-2-4-8-15/h5-6,9,18H,2-4,7-8,10H2,1H3,(H,17,19). The van der Waals surface area contributed by atoms with Crippen LogP contribution in [-0.2, 0) is 0 Å². The summed E-state index contributed by atoms with van der Waals surface area (Å²) in [6, 6.07) is 4.56. The number of aryl methyl sites for hydroxylation is 1. The number of aliphatic hydroxyl groups excluding tert-OH is 1. The minimum absolute atomic E-state index is 0.0454. The number of halogens is 1. The van der Waals surface area contributed by atoms with Crippen LogP contribution >= 0.6 is 0 Å². The number of rotatable bonds is 3. The van der Waals surface area contributed by atoms with Gasteiger partial charge in [0.15, 0.2) is 0 Å². The number of carbonyl (C=O) groups is 1. The van der Waals surface area contributed by atoms with Crippen LogP contribution in [0.1, 0.15) is 48.0 Å². The van der Waals surface area contributed by atoms with Gasteiger partial charge in [-0.2, -0.15) is 0 Å². The normalized spacial score (nSPS) is 18.1. The molecule has 19 heavy (non-hydrogen) atoms. The Morgan fingerprint density at radius 2 is 2.05 bits per heavy atom. The van der Waals surface area contributed by atoms with E-state index in [0.717, 1.165) is 37.7 Å². The first-order valence-electron chi connectivity index (χ1n) is 6.76. The van der Waals surface area contributed by atoms with Gasteiger partial charge in [-0.3, -0.25) is 4.79 Å². The van der Waals surface area contributed by atoms with E-state index in [1.54, 1.807) is 13.0 Å². The summed E-state index contributed by atoms with van der Waals surface area (Å²) in [5, 5.41) is 12.4. The van der Waals surface area contributed by atoms with Crippen molar-refractivity contribution in [2.45, 2.75) is 44.6 Å². The van der Waals surface area contributed by atoms with Crippen LogP contribution in [0.15, 0.2) is 18.2 Å². The van der Waals surface area contributed by atoms with Crippen molar-refractivity contribution in [3.05, 3.63) is 35.1 Å². The predicted molar refractivity (Wildman–Crippen MR) is 71.5 cm³/mol. The molecular formula is C15H20FNO2. The third kappa shape index (κ3) is 3.13. The van der Waals surface area contributed by atoms with Gasteiger partial charge in [-0.15, -0.1) is 0 Å². The minimum Gasteiger partial charge on any atom is -0.394 e. The van der Waals surface area contributed by atoms with Crippen molar-refractivity contribution in [1.29, 1.82) is 0 Å². The summed E-state index contributed by atoms with van der Waals surface area (Å²) in [7, 11) is 0. The Kier molecular flexibility index (Phi) is 4.20. The number of nitrogens with one attached hydrogen (secondary N) is 1. The van der Waals surface area contributed by atoms with Crippen LogP contribution in [0.25, 0.3) is 0 Å². The van der Waals surface area contributed by atoms with Gasteiger partial charge in [-0.1, -0.05) is 25.3 Å². The summed E-state index contributed by atoms with van der Waals surface area (Å²) < 4.78 is 13.8. The lowest BCUT2D eigenvalue weighted by Crippen LogP contribution is -2.52. The summed E-state index contributed by atoms with van der Waals surface area (Å²) in [5.41, 5.74) is 0.250. The molecule has 0 aliphatic heterocycles. The SMILES string of the molecule is Cc1ccc(C(=O)NC2(CO)CCCCC2)c(F)c1. The number of hydrogen-bond acceptors (Lipinski definition) is 2. The van der Waals surface area contributed by atoms with E-state index < -0.39 is 17.3 Å². The number of hydrogen-bond donors (Lipinski definition) is 2. The molecular weight excluding hydrogens is 245 g/mol. The fraction of sp³-hybridized carbons (Fsp3) is 0.533. The third-order valence-corrected chi connectivity index (χ3v) is 3.86. The second-order valence-electron chi connectivity index (χ2n) is 5.44. The topological polar surface area (TPSA) is 49.3 Å². The average Bonchev–Trinajstić information content (AvgIpc) is 2.39. The van der Waals surface area contributed by atoms with E-state index >= 15 is 0 Å². The zero-order chi connectivity index (χ0) is 13.9. The molecule has 4 heteroatoms. The highest BCUT2D eigenvalue weighted by molar-refractivity contribution is 5.95. The van der Waals surface area contributed by atoms with Crippen LogP contribution in [0.3, 0.4) is 0 Å². The second-order valence-corrected chi connectivity index (χ2v) is 5.44. The van der Waals surface area contributed by atoms with Crippen LogP contribution in [0.5, 0.6) is 0 Å². The summed E-state index contributed by atoms with van der Waals surface area (Å²) in [6.07, 6.45) is 4.59. The van der Waals surface area contributed by atoms with Crippen molar-refractivity contribution in [3.8, 4) is 0 Å². The maximum atomic E-state index is 13.8. The number of amides is 1. The first-order chi connectivity index (χ1) is 9.06. The van der Waals surface area contributed by atoms with Gasteiger partial charge in [0.05, 0.1) is 17.7 Å². The van der Waals surface area contributed by atoms with E-state index in [9.17, 15) is 14.3 Å². The van der Waals surface area contributed by atoms with Gasteiger partial charge in [0, 0.05) is 0 Å². The molecule has 104 valence electrons. The molecule has 0 unspecified atom stereocenters. The van der Waals surface area contributed by atoms with Crippen LogP contribution in [-0.4, -0.2) is 23.2 Å². The minimum atomic E-state index is -0.577. The zero-order valence-electron chi connectivity index (χ0n) is 11.2. The molecule has 3 nitrogen and oxygen atoms in total. The largest absolute Gasteiger partial charge is 0.394 e. The van der Waals surface area contributed by atoms with Crippen molar-refractivity contribution >= 4 is 5.91 Å².